The van der Waals surface area contributed by atoms with E-state index in [-0.39, 0.29) is 12.5 Å². The molecule has 0 radical (unpaired) electrons. The normalized spacial score (nSPS) is 14.3. The molecule has 0 aliphatic heterocycles. The van der Waals surface area contributed by atoms with Gasteiger partial charge in [0.1, 0.15) is 6.54 Å². The molecule has 5 heteroatoms. The maximum absolute atomic E-state index is 12.2. The molecule has 1 aromatic carbocycles. The van der Waals surface area contributed by atoms with Gasteiger partial charge in [0.15, 0.2) is 0 Å². The Morgan fingerprint density at radius 3 is 2.67 bits per heavy atom. The molecule has 0 saturated heterocycles. The second-order valence-electron chi connectivity index (χ2n) is 4.56. The van der Waals surface area contributed by atoms with Gasteiger partial charge in [-0.25, -0.2) is 0 Å². The third-order valence-electron chi connectivity index (χ3n) is 2.98. The van der Waals surface area contributed by atoms with E-state index in [1.165, 1.54) is 11.9 Å². The highest BCUT2D eigenvalue weighted by atomic mass is 79.9. The molecule has 0 spiro atoms. The molecule has 1 amide bonds. The molecule has 96 valence electrons. The van der Waals surface area contributed by atoms with E-state index in [0.717, 1.165) is 22.9 Å². The number of halogens is 1. The lowest BCUT2D eigenvalue weighted by Crippen LogP contribution is -2.32. The van der Waals surface area contributed by atoms with E-state index in [0.29, 0.717) is 11.5 Å². The number of aliphatic carboxylic acids is 1. The first kappa shape index (κ1) is 13.1. The third kappa shape index (κ3) is 2.90. The van der Waals surface area contributed by atoms with Crippen LogP contribution in [0.3, 0.4) is 0 Å². The van der Waals surface area contributed by atoms with Gasteiger partial charge in [-0.05, 0) is 42.5 Å². The van der Waals surface area contributed by atoms with Gasteiger partial charge in [0.2, 0.25) is 0 Å². The molecule has 18 heavy (non-hydrogen) atoms. The maximum Gasteiger partial charge on any atom is 0.323 e. The van der Waals surface area contributed by atoms with Gasteiger partial charge in [0.05, 0.1) is 0 Å². The van der Waals surface area contributed by atoms with Gasteiger partial charge in [-0.2, -0.15) is 0 Å². The number of hydrogen-bond acceptors (Lipinski definition) is 2. The number of carbonyl (C=O) groups is 2. The first-order valence-electron chi connectivity index (χ1n) is 5.75. The predicted molar refractivity (Wildman–Crippen MR) is 70.7 cm³/mol. The zero-order valence-electron chi connectivity index (χ0n) is 10.0. The summed E-state index contributed by atoms with van der Waals surface area (Å²) in [6, 6.07) is 5.53. The molecule has 0 atom stereocenters. The Morgan fingerprint density at radius 1 is 1.44 bits per heavy atom. The Morgan fingerprint density at radius 2 is 2.11 bits per heavy atom. The van der Waals surface area contributed by atoms with Crippen molar-refractivity contribution >= 4 is 27.8 Å². The van der Waals surface area contributed by atoms with Crippen LogP contribution in [0.1, 0.15) is 34.7 Å². The van der Waals surface area contributed by atoms with Gasteiger partial charge in [-0.15, -0.1) is 0 Å². The SMILES string of the molecule is CN(CC(=O)O)C(=O)c1ccc(Br)cc1C1CC1. The molecule has 1 fully saturated rings. The molecule has 1 aliphatic carbocycles. The second kappa shape index (κ2) is 5.10. The van der Waals surface area contributed by atoms with Crippen LogP contribution in [0.15, 0.2) is 22.7 Å². The van der Waals surface area contributed by atoms with Crippen molar-refractivity contribution in [2.75, 3.05) is 13.6 Å². The largest absolute Gasteiger partial charge is 0.480 e. The molecule has 2 rings (SSSR count). The van der Waals surface area contributed by atoms with Crippen LogP contribution in [0, 0.1) is 0 Å². The number of rotatable bonds is 4. The minimum Gasteiger partial charge on any atom is -0.480 e. The van der Waals surface area contributed by atoms with E-state index in [4.69, 9.17) is 5.11 Å². The summed E-state index contributed by atoms with van der Waals surface area (Å²) < 4.78 is 0.946. The van der Waals surface area contributed by atoms with Crippen LogP contribution in [-0.2, 0) is 4.79 Å². The third-order valence-corrected chi connectivity index (χ3v) is 3.47. The van der Waals surface area contributed by atoms with Crippen LogP contribution in [0.2, 0.25) is 0 Å². The molecular formula is C13H14BrNO3. The number of carbonyl (C=O) groups excluding carboxylic acids is 1. The van der Waals surface area contributed by atoms with E-state index in [9.17, 15) is 9.59 Å². The lowest BCUT2D eigenvalue weighted by molar-refractivity contribution is -0.137. The Kier molecular flexibility index (Phi) is 3.71. The van der Waals surface area contributed by atoms with Gasteiger partial charge in [-0.3, -0.25) is 9.59 Å². The minimum absolute atomic E-state index is 0.230. The summed E-state index contributed by atoms with van der Waals surface area (Å²) in [5, 5.41) is 8.71. The quantitative estimate of drug-likeness (QED) is 0.929. The van der Waals surface area contributed by atoms with E-state index < -0.39 is 5.97 Å². The topological polar surface area (TPSA) is 57.6 Å². The zero-order chi connectivity index (χ0) is 13.3. The fourth-order valence-corrected chi connectivity index (χ4v) is 2.32. The standard InChI is InChI=1S/C13H14BrNO3/c1-15(7-12(16)17)13(18)10-5-4-9(14)6-11(10)8-2-3-8/h4-6,8H,2-3,7H2,1H3,(H,16,17). The number of carboxylic acid groups (broad SMARTS) is 1. The smallest absolute Gasteiger partial charge is 0.323 e. The van der Waals surface area contributed by atoms with Crippen LogP contribution >= 0.6 is 15.9 Å². The predicted octanol–water partition coefficient (Wildman–Crippen LogP) is 2.48. The number of hydrogen-bond donors (Lipinski definition) is 1. The zero-order valence-corrected chi connectivity index (χ0v) is 11.6. The summed E-state index contributed by atoms with van der Waals surface area (Å²) in [7, 11) is 1.51. The molecule has 0 unspecified atom stereocenters. The van der Waals surface area contributed by atoms with E-state index >= 15 is 0 Å². The summed E-state index contributed by atoms with van der Waals surface area (Å²) in [6.45, 7) is -0.279. The molecule has 1 N–H and O–H groups in total. The lowest BCUT2D eigenvalue weighted by Gasteiger charge is -2.17. The summed E-state index contributed by atoms with van der Waals surface area (Å²) in [6.07, 6.45) is 2.19. The number of amides is 1. The fraction of sp³-hybridized carbons (Fsp3) is 0.385. The second-order valence-corrected chi connectivity index (χ2v) is 5.48. The molecule has 1 aliphatic rings. The first-order chi connectivity index (χ1) is 8.49. The van der Waals surface area contributed by atoms with E-state index in [1.807, 2.05) is 12.1 Å². The van der Waals surface area contributed by atoms with Crippen molar-refractivity contribution < 1.29 is 14.7 Å². The van der Waals surface area contributed by atoms with Crippen LogP contribution in [0.25, 0.3) is 0 Å². The van der Waals surface area contributed by atoms with Crippen molar-refractivity contribution in [3.8, 4) is 0 Å². The van der Waals surface area contributed by atoms with Gasteiger partial charge >= 0.3 is 5.97 Å². The molecule has 0 aromatic heterocycles. The summed E-state index contributed by atoms with van der Waals surface area (Å²) >= 11 is 3.40. The number of nitrogens with zero attached hydrogens (tertiary/aromatic N) is 1. The molecule has 0 bridgehead atoms. The number of likely N-dealkylation sites (N-methyl/N-ethyl adjacent to an activating group) is 1. The maximum atomic E-state index is 12.2. The Balaban J connectivity index is 2.26. The highest BCUT2D eigenvalue weighted by molar-refractivity contribution is 9.10. The average Bonchev–Trinajstić information content (AvgIpc) is 3.10. The minimum atomic E-state index is -1.00. The average molecular weight is 312 g/mol. The van der Waals surface area contributed by atoms with Gasteiger partial charge in [0, 0.05) is 17.1 Å². The lowest BCUT2D eigenvalue weighted by atomic mass is 10.0. The highest BCUT2D eigenvalue weighted by Gasteiger charge is 2.29. The van der Waals surface area contributed by atoms with Gasteiger partial charge in [0.25, 0.3) is 5.91 Å². The Hall–Kier alpha value is -1.36. The molecule has 4 nitrogen and oxygen atoms in total. The molecule has 0 heterocycles. The molecule has 1 saturated carbocycles. The van der Waals surface area contributed by atoms with Crippen LogP contribution < -0.4 is 0 Å². The van der Waals surface area contributed by atoms with E-state index in [2.05, 4.69) is 15.9 Å². The molecule has 1 aromatic rings. The van der Waals surface area contributed by atoms with Gasteiger partial charge in [-0.1, -0.05) is 15.9 Å². The van der Waals surface area contributed by atoms with E-state index in [1.54, 1.807) is 6.07 Å². The van der Waals surface area contributed by atoms with Crippen molar-refractivity contribution in [2.24, 2.45) is 0 Å². The van der Waals surface area contributed by atoms with Crippen molar-refractivity contribution in [1.82, 2.24) is 4.90 Å². The summed E-state index contributed by atoms with van der Waals surface area (Å²) in [5.74, 6) is -0.789. The first-order valence-corrected chi connectivity index (χ1v) is 6.55. The monoisotopic (exact) mass is 311 g/mol. The van der Waals surface area contributed by atoms with Crippen LogP contribution in [0.5, 0.6) is 0 Å². The van der Waals surface area contributed by atoms with Crippen LogP contribution in [-0.4, -0.2) is 35.5 Å². The van der Waals surface area contributed by atoms with Crippen molar-refractivity contribution in [1.29, 1.82) is 0 Å². The van der Waals surface area contributed by atoms with Gasteiger partial charge < -0.3 is 10.0 Å². The summed E-state index contributed by atoms with van der Waals surface area (Å²) in [5.41, 5.74) is 1.64. The van der Waals surface area contributed by atoms with Crippen molar-refractivity contribution in [3.63, 3.8) is 0 Å². The fourth-order valence-electron chi connectivity index (χ4n) is 1.94. The Labute approximate surface area is 114 Å². The van der Waals surface area contributed by atoms with Crippen LogP contribution in [0.4, 0.5) is 0 Å². The van der Waals surface area contributed by atoms with Crippen molar-refractivity contribution in [2.45, 2.75) is 18.8 Å². The summed E-state index contributed by atoms with van der Waals surface area (Å²) in [4.78, 5) is 24.1. The highest BCUT2D eigenvalue weighted by Crippen LogP contribution is 2.42. The van der Waals surface area contributed by atoms with Crippen molar-refractivity contribution in [3.05, 3.63) is 33.8 Å². The Bertz CT molecular complexity index is 497. The number of carboxylic acids is 1. The molecular weight excluding hydrogens is 298 g/mol. The number of benzene rings is 1.